The average Bonchev–Trinajstić information content (AvgIpc) is 2.46. The van der Waals surface area contributed by atoms with Gasteiger partial charge in [-0.15, -0.1) is 0 Å². The van der Waals surface area contributed by atoms with Crippen molar-refractivity contribution in [2.45, 2.75) is 39.2 Å². The number of rotatable bonds is 1. The zero-order valence-electron chi connectivity index (χ0n) is 12.4. The molecule has 2 heterocycles. The largest absolute Gasteiger partial charge is 0.313 e. The predicted octanol–water partition coefficient (Wildman–Crippen LogP) is 2.60. The van der Waals surface area contributed by atoms with Gasteiger partial charge in [-0.2, -0.15) is 0 Å². The number of hydrogen-bond acceptors (Lipinski definition) is 2. The Kier molecular flexibility index (Phi) is 3.79. The molecule has 1 aromatic carbocycles. The Morgan fingerprint density at radius 1 is 1.30 bits per heavy atom. The number of nitrogens with zero attached hydrogens (tertiary/aromatic N) is 1. The molecule has 3 nitrogen and oxygen atoms in total. The van der Waals surface area contributed by atoms with Gasteiger partial charge in [0.05, 0.1) is 5.92 Å². The number of anilines is 1. The second-order valence-electron chi connectivity index (χ2n) is 6.38. The second-order valence-corrected chi connectivity index (χ2v) is 6.38. The molecule has 2 aliphatic rings. The summed E-state index contributed by atoms with van der Waals surface area (Å²) < 4.78 is 0. The van der Waals surface area contributed by atoms with Crippen molar-refractivity contribution >= 4 is 11.6 Å². The summed E-state index contributed by atoms with van der Waals surface area (Å²) in [5.74, 6) is 0.978. The van der Waals surface area contributed by atoms with E-state index in [9.17, 15) is 4.79 Å². The van der Waals surface area contributed by atoms with Crippen LogP contribution < -0.4 is 10.2 Å². The lowest BCUT2D eigenvalue weighted by molar-refractivity contribution is -0.124. The lowest BCUT2D eigenvalue weighted by atomic mass is 9.88. The molecule has 0 radical (unpaired) electrons. The fourth-order valence-electron chi connectivity index (χ4n) is 3.59. The maximum absolute atomic E-state index is 13.0. The molecule has 1 fully saturated rings. The molecule has 108 valence electrons. The third-order valence-corrected chi connectivity index (χ3v) is 4.69. The summed E-state index contributed by atoms with van der Waals surface area (Å²) in [5, 5.41) is 3.44. The van der Waals surface area contributed by atoms with Gasteiger partial charge in [-0.05, 0) is 50.3 Å². The number of amides is 1. The molecule has 1 amide bonds. The van der Waals surface area contributed by atoms with E-state index in [4.69, 9.17) is 0 Å². The van der Waals surface area contributed by atoms with Gasteiger partial charge in [0.15, 0.2) is 0 Å². The zero-order valence-corrected chi connectivity index (χ0v) is 12.4. The van der Waals surface area contributed by atoms with Gasteiger partial charge >= 0.3 is 0 Å². The fraction of sp³-hybridized carbons (Fsp3) is 0.588. The smallest absolute Gasteiger partial charge is 0.231 e. The van der Waals surface area contributed by atoms with Crippen LogP contribution in [0.1, 0.15) is 32.3 Å². The topological polar surface area (TPSA) is 32.3 Å². The number of hydrogen-bond donors (Lipinski definition) is 1. The normalized spacial score (nSPS) is 29.9. The number of piperidine rings is 1. The lowest BCUT2D eigenvalue weighted by Crippen LogP contribution is -2.50. The summed E-state index contributed by atoms with van der Waals surface area (Å²) in [7, 11) is 0. The average molecular weight is 272 g/mol. The molecular weight excluding hydrogens is 248 g/mol. The highest BCUT2D eigenvalue weighted by atomic mass is 16.2. The van der Waals surface area contributed by atoms with E-state index < -0.39 is 0 Å². The SMILES string of the molecule is CC1Cc2ccccc2N(C(=O)C2CCCNC2C)C1. The highest BCUT2D eigenvalue weighted by Gasteiger charge is 2.34. The Labute approximate surface area is 121 Å². The van der Waals surface area contributed by atoms with Crippen LogP contribution in [0.5, 0.6) is 0 Å². The molecule has 1 N–H and O–H groups in total. The van der Waals surface area contributed by atoms with Crippen LogP contribution in [0, 0.1) is 11.8 Å². The van der Waals surface area contributed by atoms with Crippen molar-refractivity contribution in [2.75, 3.05) is 18.0 Å². The number of carbonyl (C=O) groups is 1. The van der Waals surface area contributed by atoms with Crippen LogP contribution >= 0.6 is 0 Å². The highest BCUT2D eigenvalue weighted by molar-refractivity contribution is 5.96. The first-order valence-corrected chi connectivity index (χ1v) is 7.79. The maximum atomic E-state index is 13.0. The maximum Gasteiger partial charge on any atom is 0.231 e. The van der Waals surface area contributed by atoms with Gasteiger partial charge in [0.25, 0.3) is 0 Å². The van der Waals surface area contributed by atoms with Crippen molar-refractivity contribution in [1.29, 1.82) is 0 Å². The summed E-state index contributed by atoms with van der Waals surface area (Å²) in [6.45, 7) is 6.27. The minimum atomic E-state index is 0.127. The van der Waals surface area contributed by atoms with Crippen LogP contribution in [0.15, 0.2) is 24.3 Å². The molecule has 3 heteroatoms. The van der Waals surface area contributed by atoms with Crippen molar-refractivity contribution in [3.8, 4) is 0 Å². The minimum Gasteiger partial charge on any atom is -0.313 e. The summed E-state index contributed by atoms with van der Waals surface area (Å²) >= 11 is 0. The number of benzene rings is 1. The van der Waals surface area contributed by atoms with Crippen LogP contribution in [0.3, 0.4) is 0 Å². The molecule has 20 heavy (non-hydrogen) atoms. The Hall–Kier alpha value is -1.35. The Bertz CT molecular complexity index is 500. The van der Waals surface area contributed by atoms with Gasteiger partial charge in [-0.25, -0.2) is 0 Å². The highest BCUT2D eigenvalue weighted by Crippen LogP contribution is 2.32. The Balaban J connectivity index is 1.87. The molecule has 1 aromatic rings. The van der Waals surface area contributed by atoms with Crippen molar-refractivity contribution in [3.05, 3.63) is 29.8 Å². The van der Waals surface area contributed by atoms with Crippen LogP contribution in [-0.2, 0) is 11.2 Å². The quantitative estimate of drug-likeness (QED) is 0.852. The monoisotopic (exact) mass is 272 g/mol. The van der Waals surface area contributed by atoms with Gasteiger partial charge in [0.1, 0.15) is 0 Å². The van der Waals surface area contributed by atoms with Crippen molar-refractivity contribution in [2.24, 2.45) is 11.8 Å². The third-order valence-electron chi connectivity index (χ3n) is 4.69. The van der Waals surface area contributed by atoms with Crippen LogP contribution in [0.25, 0.3) is 0 Å². The molecule has 0 aromatic heterocycles. The van der Waals surface area contributed by atoms with E-state index in [0.717, 1.165) is 38.0 Å². The van der Waals surface area contributed by atoms with Crippen molar-refractivity contribution < 1.29 is 4.79 Å². The van der Waals surface area contributed by atoms with E-state index >= 15 is 0 Å². The standard InChI is InChI=1S/C17H24N2O/c1-12-10-14-6-3-4-8-16(14)19(11-12)17(20)15-7-5-9-18-13(15)2/h3-4,6,8,12-13,15,18H,5,7,9-11H2,1-2H3. The van der Waals surface area contributed by atoms with E-state index in [2.05, 4.69) is 37.4 Å². The third kappa shape index (κ3) is 2.47. The molecule has 0 aliphatic carbocycles. The Morgan fingerprint density at radius 2 is 2.10 bits per heavy atom. The Morgan fingerprint density at radius 3 is 2.90 bits per heavy atom. The molecule has 2 aliphatic heterocycles. The van der Waals surface area contributed by atoms with Gasteiger partial charge in [0, 0.05) is 18.3 Å². The summed E-state index contributed by atoms with van der Waals surface area (Å²) in [6.07, 6.45) is 3.20. The van der Waals surface area contributed by atoms with Crippen molar-refractivity contribution in [1.82, 2.24) is 5.32 Å². The number of fused-ring (bicyclic) bond motifs is 1. The van der Waals surface area contributed by atoms with E-state index in [1.165, 1.54) is 5.56 Å². The molecule has 0 saturated carbocycles. The summed E-state index contributed by atoms with van der Waals surface area (Å²) in [4.78, 5) is 15.0. The van der Waals surface area contributed by atoms with E-state index in [1.54, 1.807) is 0 Å². The summed E-state index contributed by atoms with van der Waals surface area (Å²) in [5.41, 5.74) is 2.45. The molecule has 3 atom stereocenters. The van der Waals surface area contributed by atoms with Gasteiger partial charge < -0.3 is 10.2 Å². The first-order valence-electron chi connectivity index (χ1n) is 7.79. The molecular formula is C17H24N2O. The van der Waals surface area contributed by atoms with E-state index in [0.29, 0.717) is 17.9 Å². The van der Waals surface area contributed by atoms with Crippen LogP contribution in [0.4, 0.5) is 5.69 Å². The minimum absolute atomic E-state index is 0.127. The molecule has 1 saturated heterocycles. The van der Waals surface area contributed by atoms with E-state index in [-0.39, 0.29) is 5.92 Å². The van der Waals surface area contributed by atoms with Crippen LogP contribution in [0.2, 0.25) is 0 Å². The first kappa shape index (κ1) is 13.6. The fourth-order valence-corrected chi connectivity index (χ4v) is 3.59. The van der Waals surface area contributed by atoms with E-state index in [1.807, 2.05) is 11.0 Å². The van der Waals surface area contributed by atoms with Crippen LogP contribution in [-0.4, -0.2) is 25.0 Å². The molecule has 0 spiro atoms. The zero-order chi connectivity index (χ0) is 14.1. The predicted molar refractivity (Wildman–Crippen MR) is 81.9 cm³/mol. The molecule has 0 bridgehead atoms. The first-order chi connectivity index (χ1) is 9.66. The van der Waals surface area contributed by atoms with Gasteiger partial charge in [-0.1, -0.05) is 25.1 Å². The molecule has 3 rings (SSSR count). The number of nitrogens with one attached hydrogen (secondary N) is 1. The van der Waals surface area contributed by atoms with Gasteiger partial charge in [-0.3, -0.25) is 4.79 Å². The van der Waals surface area contributed by atoms with Crippen molar-refractivity contribution in [3.63, 3.8) is 0 Å². The molecule has 3 unspecified atom stereocenters. The summed E-state index contributed by atoms with van der Waals surface area (Å²) in [6, 6.07) is 8.66. The lowest BCUT2D eigenvalue weighted by Gasteiger charge is -2.38. The van der Waals surface area contributed by atoms with Gasteiger partial charge in [0.2, 0.25) is 5.91 Å². The number of carbonyl (C=O) groups excluding carboxylic acids is 1. The number of para-hydroxylation sites is 1. The second kappa shape index (κ2) is 5.57.